The van der Waals surface area contributed by atoms with Crippen molar-refractivity contribution in [1.82, 2.24) is 29.6 Å². The summed E-state index contributed by atoms with van der Waals surface area (Å²) in [5, 5.41) is 19.2. The first-order valence-corrected chi connectivity index (χ1v) is 10.4. The Morgan fingerprint density at radius 2 is 2.03 bits per heavy atom. The second kappa shape index (κ2) is 9.81. The molecule has 4 rings (SSSR count). The van der Waals surface area contributed by atoms with Gasteiger partial charge in [-0.3, -0.25) is 9.48 Å². The molecule has 10 nitrogen and oxygen atoms in total. The average molecular weight is 484 g/mol. The van der Waals surface area contributed by atoms with E-state index in [1.54, 1.807) is 36.1 Å². The van der Waals surface area contributed by atoms with Gasteiger partial charge in [0.1, 0.15) is 11.6 Å². The summed E-state index contributed by atoms with van der Waals surface area (Å²) in [6.45, 7) is -0.507. The van der Waals surface area contributed by atoms with Gasteiger partial charge in [-0.25, -0.2) is 23.7 Å². The normalized spacial score (nSPS) is 11.8. The fourth-order valence-electron chi connectivity index (χ4n) is 3.18. The van der Waals surface area contributed by atoms with Gasteiger partial charge in [0.25, 0.3) is 5.56 Å². The summed E-state index contributed by atoms with van der Waals surface area (Å²) in [4.78, 5) is 33.8. The first kappa shape index (κ1) is 23.1. The maximum Gasteiger partial charge on any atom is 0.329 e. The molecular weight excluding hydrogens is 465 g/mol. The van der Waals surface area contributed by atoms with Crippen LogP contribution < -0.4 is 16.2 Å². The predicted molar refractivity (Wildman–Crippen MR) is 123 cm³/mol. The summed E-state index contributed by atoms with van der Waals surface area (Å²) in [6.07, 6.45) is 4.46. The number of rotatable bonds is 6. The molecule has 0 aliphatic heterocycles. The van der Waals surface area contributed by atoms with Gasteiger partial charge in [-0.1, -0.05) is 17.7 Å². The van der Waals surface area contributed by atoms with Gasteiger partial charge >= 0.3 is 6.03 Å². The van der Waals surface area contributed by atoms with E-state index in [0.29, 0.717) is 28.6 Å². The number of carbonyl (C=O) groups excluding carboxylic acids is 1. The molecule has 0 aliphatic rings. The van der Waals surface area contributed by atoms with Crippen molar-refractivity contribution in [3.05, 3.63) is 87.8 Å². The molecule has 4 aromatic rings. The minimum atomic E-state index is -0.937. The van der Waals surface area contributed by atoms with Crippen LogP contribution in [0.4, 0.5) is 21.0 Å². The molecule has 1 amide bonds. The van der Waals surface area contributed by atoms with Crippen molar-refractivity contribution in [2.75, 3.05) is 11.9 Å². The van der Waals surface area contributed by atoms with Gasteiger partial charge in [-0.15, -0.1) is 0 Å². The van der Waals surface area contributed by atoms with E-state index in [0.717, 1.165) is 10.6 Å². The second-order valence-electron chi connectivity index (χ2n) is 7.21. The van der Waals surface area contributed by atoms with Crippen molar-refractivity contribution in [3.8, 4) is 11.3 Å². The van der Waals surface area contributed by atoms with Crippen molar-refractivity contribution in [2.45, 2.75) is 6.04 Å². The molecule has 3 aromatic heterocycles. The van der Waals surface area contributed by atoms with E-state index in [1.165, 1.54) is 30.6 Å². The molecule has 3 heterocycles. The Hall–Kier alpha value is -4.09. The highest BCUT2D eigenvalue weighted by Crippen LogP contribution is 2.21. The lowest BCUT2D eigenvalue weighted by Crippen LogP contribution is -2.39. The van der Waals surface area contributed by atoms with Crippen LogP contribution in [0.2, 0.25) is 5.02 Å². The number of pyridine rings is 1. The van der Waals surface area contributed by atoms with E-state index >= 15 is 0 Å². The Labute approximate surface area is 197 Å². The molecule has 0 saturated heterocycles. The largest absolute Gasteiger partial charge is 0.394 e. The Morgan fingerprint density at radius 3 is 2.71 bits per heavy atom. The first-order valence-electron chi connectivity index (χ1n) is 10.0. The lowest BCUT2D eigenvalue weighted by Gasteiger charge is -2.17. The van der Waals surface area contributed by atoms with Crippen LogP contribution in [-0.4, -0.2) is 42.1 Å². The number of aryl methyl sites for hydroxylation is 1. The third-order valence-electron chi connectivity index (χ3n) is 4.98. The van der Waals surface area contributed by atoms with E-state index in [1.807, 2.05) is 0 Å². The molecule has 1 aromatic carbocycles. The molecule has 0 aliphatic carbocycles. The third-order valence-corrected chi connectivity index (χ3v) is 5.28. The number of aliphatic hydroxyl groups excluding tert-OH is 1. The van der Waals surface area contributed by atoms with Crippen LogP contribution in [0.15, 0.2) is 65.8 Å². The number of nitrogens with zero attached hydrogens (tertiary/aromatic N) is 5. The Kier molecular flexibility index (Phi) is 6.66. The summed E-state index contributed by atoms with van der Waals surface area (Å²) in [7, 11) is 1.77. The van der Waals surface area contributed by atoms with Gasteiger partial charge in [-0.05, 0) is 29.8 Å². The smallest absolute Gasteiger partial charge is 0.329 e. The summed E-state index contributed by atoms with van der Waals surface area (Å²) in [6, 6.07) is 8.38. The van der Waals surface area contributed by atoms with Crippen LogP contribution in [0.25, 0.3) is 11.3 Å². The van der Waals surface area contributed by atoms with Crippen molar-refractivity contribution >= 4 is 29.4 Å². The number of aromatic nitrogens is 5. The monoisotopic (exact) mass is 483 g/mol. The molecule has 0 radical (unpaired) electrons. The molecule has 0 saturated carbocycles. The Morgan fingerprint density at radius 1 is 1.21 bits per heavy atom. The molecule has 1 atom stereocenters. The predicted octanol–water partition coefficient (Wildman–Crippen LogP) is 2.87. The SMILES string of the molecule is Cn1nccc1Nc1nccc(-c2ccn(C(=O)N[C@H](CO)c3ccc(Cl)c(F)c3)c(=O)c2)n1. The zero-order chi connectivity index (χ0) is 24.2. The van der Waals surface area contributed by atoms with Gasteiger partial charge in [-0.2, -0.15) is 5.10 Å². The molecular formula is C22H19ClFN7O3. The highest BCUT2D eigenvalue weighted by atomic mass is 35.5. The van der Waals surface area contributed by atoms with Crippen LogP contribution in [0.3, 0.4) is 0 Å². The number of benzene rings is 1. The van der Waals surface area contributed by atoms with Gasteiger partial charge in [0.2, 0.25) is 5.95 Å². The van der Waals surface area contributed by atoms with E-state index < -0.39 is 30.1 Å². The molecule has 0 spiro atoms. The summed E-state index contributed by atoms with van der Waals surface area (Å²) in [5.41, 5.74) is 0.628. The number of hydrogen-bond donors (Lipinski definition) is 3. The minimum absolute atomic E-state index is 0.0815. The van der Waals surface area contributed by atoms with E-state index in [4.69, 9.17) is 11.6 Å². The van der Waals surface area contributed by atoms with Crippen LogP contribution in [-0.2, 0) is 7.05 Å². The lowest BCUT2D eigenvalue weighted by atomic mass is 10.1. The van der Waals surface area contributed by atoms with Gasteiger partial charge < -0.3 is 15.7 Å². The topological polar surface area (TPSA) is 127 Å². The second-order valence-corrected chi connectivity index (χ2v) is 7.62. The number of carbonyl (C=O) groups is 1. The van der Waals surface area contributed by atoms with Gasteiger partial charge in [0, 0.05) is 37.1 Å². The fraction of sp³-hybridized carbons (Fsp3) is 0.136. The lowest BCUT2D eigenvalue weighted by molar-refractivity contribution is 0.217. The molecule has 0 fully saturated rings. The number of aliphatic hydroxyl groups is 1. The molecule has 34 heavy (non-hydrogen) atoms. The Bertz CT molecular complexity index is 1410. The van der Waals surface area contributed by atoms with Crippen molar-refractivity contribution in [3.63, 3.8) is 0 Å². The third kappa shape index (κ3) is 4.95. The van der Waals surface area contributed by atoms with Crippen LogP contribution in [0, 0.1) is 5.82 Å². The molecule has 12 heteroatoms. The molecule has 3 N–H and O–H groups in total. The summed E-state index contributed by atoms with van der Waals surface area (Å²) >= 11 is 5.68. The van der Waals surface area contributed by atoms with Crippen LogP contribution in [0.1, 0.15) is 11.6 Å². The van der Waals surface area contributed by atoms with E-state index in [2.05, 4.69) is 25.7 Å². The average Bonchev–Trinajstić information content (AvgIpc) is 3.23. The highest BCUT2D eigenvalue weighted by molar-refractivity contribution is 6.30. The number of nitrogens with one attached hydrogen (secondary N) is 2. The zero-order valence-corrected chi connectivity index (χ0v) is 18.6. The fourth-order valence-corrected chi connectivity index (χ4v) is 3.30. The maximum absolute atomic E-state index is 13.8. The highest BCUT2D eigenvalue weighted by Gasteiger charge is 2.17. The van der Waals surface area contributed by atoms with Crippen molar-refractivity contribution in [2.24, 2.45) is 7.05 Å². The maximum atomic E-state index is 13.8. The minimum Gasteiger partial charge on any atom is -0.394 e. The van der Waals surface area contributed by atoms with Crippen molar-refractivity contribution < 1.29 is 14.3 Å². The number of halogens is 2. The van der Waals surface area contributed by atoms with Crippen molar-refractivity contribution in [1.29, 1.82) is 0 Å². The molecule has 0 unspecified atom stereocenters. The zero-order valence-electron chi connectivity index (χ0n) is 17.8. The summed E-state index contributed by atoms with van der Waals surface area (Å²) in [5.74, 6) is 0.308. The number of amides is 1. The van der Waals surface area contributed by atoms with E-state index in [9.17, 15) is 19.1 Å². The Balaban J connectivity index is 1.53. The van der Waals surface area contributed by atoms with Gasteiger partial charge in [0.15, 0.2) is 0 Å². The first-order chi connectivity index (χ1) is 16.4. The molecule has 174 valence electrons. The standard InChI is InChI=1S/C22H19ClFN7O3/c1-30-19(5-8-26-30)29-21-25-7-4-17(27-21)14-6-9-31(20(33)11-14)22(34)28-18(12-32)13-2-3-15(23)16(24)10-13/h2-11,18,32H,12H2,1H3,(H,28,34)(H,25,27,29)/t18-/m1/s1. The van der Waals surface area contributed by atoms with E-state index in [-0.39, 0.29) is 5.02 Å². The quantitative estimate of drug-likeness (QED) is 0.385. The van der Waals surface area contributed by atoms with Crippen LogP contribution >= 0.6 is 11.6 Å². The summed E-state index contributed by atoms with van der Waals surface area (Å²) < 4.78 is 16.2. The van der Waals surface area contributed by atoms with Gasteiger partial charge in [0.05, 0.1) is 29.6 Å². The van der Waals surface area contributed by atoms with Crippen LogP contribution in [0.5, 0.6) is 0 Å². The molecule has 0 bridgehead atoms. The number of hydrogen-bond acceptors (Lipinski definition) is 7. The number of anilines is 2.